The van der Waals surface area contributed by atoms with E-state index in [0.29, 0.717) is 6.10 Å². The van der Waals surface area contributed by atoms with E-state index in [4.69, 9.17) is 4.74 Å². The van der Waals surface area contributed by atoms with Crippen LogP contribution in [0.2, 0.25) is 0 Å². The third-order valence-electron chi connectivity index (χ3n) is 3.83. The molecule has 0 saturated carbocycles. The van der Waals surface area contributed by atoms with E-state index in [0.717, 1.165) is 58.8 Å². The first-order valence-electron chi connectivity index (χ1n) is 7.11. The molecular weight excluding hydrogens is 260 g/mol. The lowest BCUT2D eigenvalue weighted by Gasteiger charge is -2.35. The van der Waals surface area contributed by atoms with Gasteiger partial charge in [0.1, 0.15) is 0 Å². The highest BCUT2D eigenvalue weighted by molar-refractivity contribution is 7.13. The molecule has 2 aliphatic rings. The van der Waals surface area contributed by atoms with Crippen LogP contribution in [0, 0.1) is 0 Å². The highest BCUT2D eigenvalue weighted by Gasteiger charge is 2.20. The monoisotopic (exact) mass is 282 g/mol. The summed E-state index contributed by atoms with van der Waals surface area (Å²) in [7, 11) is 0. The van der Waals surface area contributed by atoms with Crippen LogP contribution >= 0.6 is 11.3 Å². The van der Waals surface area contributed by atoms with E-state index in [1.165, 1.54) is 5.13 Å². The van der Waals surface area contributed by atoms with Crippen molar-refractivity contribution in [3.63, 3.8) is 0 Å². The summed E-state index contributed by atoms with van der Waals surface area (Å²) >= 11 is 1.73. The first-order valence-corrected chi connectivity index (χ1v) is 7.99. The molecule has 6 heteroatoms. The maximum atomic E-state index is 5.74. The van der Waals surface area contributed by atoms with Crippen LogP contribution < -0.4 is 10.2 Å². The molecule has 1 unspecified atom stereocenters. The van der Waals surface area contributed by atoms with Crippen LogP contribution in [0.15, 0.2) is 11.6 Å². The number of morpholine rings is 1. The summed E-state index contributed by atoms with van der Waals surface area (Å²) in [4.78, 5) is 9.31. The van der Waals surface area contributed by atoms with Crippen molar-refractivity contribution in [2.24, 2.45) is 0 Å². The van der Waals surface area contributed by atoms with Crippen LogP contribution in [0.4, 0.5) is 5.13 Å². The largest absolute Gasteiger partial charge is 0.376 e. The Balaban J connectivity index is 1.38. The summed E-state index contributed by atoms with van der Waals surface area (Å²) in [5, 5.41) is 6.61. The number of rotatable bonds is 4. The Labute approximate surface area is 118 Å². The minimum atomic E-state index is 0.408. The highest BCUT2D eigenvalue weighted by atomic mass is 32.1. The number of anilines is 1. The van der Waals surface area contributed by atoms with Crippen LogP contribution in [-0.4, -0.2) is 68.4 Å². The first-order chi connectivity index (χ1) is 9.42. The number of ether oxygens (including phenoxy) is 1. The molecule has 3 rings (SSSR count). The van der Waals surface area contributed by atoms with Gasteiger partial charge in [0.05, 0.1) is 12.7 Å². The van der Waals surface area contributed by atoms with Crippen molar-refractivity contribution in [1.29, 1.82) is 0 Å². The van der Waals surface area contributed by atoms with E-state index in [1.54, 1.807) is 11.3 Å². The van der Waals surface area contributed by atoms with Crippen LogP contribution in [-0.2, 0) is 4.74 Å². The third-order valence-corrected chi connectivity index (χ3v) is 4.67. The van der Waals surface area contributed by atoms with Gasteiger partial charge in [-0.3, -0.25) is 4.90 Å². The van der Waals surface area contributed by atoms with Gasteiger partial charge in [0, 0.05) is 57.4 Å². The van der Waals surface area contributed by atoms with Gasteiger partial charge in [-0.25, -0.2) is 4.98 Å². The van der Waals surface area contributed by atoms with Gasteiger partial charge in [-0.1, -0.05) is 0 Å². The van der Waals surface area contributed by atoms with Crippen molar-refractivity contribution in [2.75, 3.05) is 57.3 Å². The van der Waals surface area contributed by atoms with Crippen molar-refractivity contribution in [1.82, 2.24) is 15.2 Å². The SMILES string of the molecule is c1csc(N2CCN(CCC3CNCCO3)CC2)n1. The second-order valence-corrected chi connectivity index (χ2v) is 6.00. The molecular formula is C13H22N4OS. The second kappa shape index (κ2) is 6.65. The lowest BCUT2D eigenvalue weighted by Crippen LogP contribution is -2.48. The molecule has 1 aromatic rings. The van der Waals surface area contributed by atoms with Crippen molar-refractivity contribution >= 4 is 16.5 Å². The molecule has 1 N–H and O–H groups in total. The summed E-state index contributed by atoms with van der Waals surface area (Å²) in [6.07, 6.45) is 3.44. The van der Waals surface area contributed by atoms with Gasteiger partial charge < -0.3 is 15.0 Å². The first kappa shape index (κ1) is 13.3. The van der Waals surface area contributed by atoms with Gasteiger partial charge >= 0.3 is 0 Å². The van der Waals surface area contributed by atoms with Crippen molar-refractivity contribution < 1.29 is 4.74 Å². The number of nitrogens with zero attached hydrogens (tertiary/aromatic N) is 3. The summed E-state index contributed by atoms with van der Waals surface area (Å²) < 4.78 is 5.74. The normalized spacial score (nSPS) is 25.7. The number of nitrogens with one attached hydrogen (secondary N) is 1. The molecule has 3 heterocycles. The van der Waals surface area contributed by atoms with E-state index >= 15 is 0 Å². The predicted octanol–water partition coefficient (Wildman–Crippen LogP) is 0.644. The van der Waals surface area contributed by atoms with Gasteiger partial charge in [-0.2, -0.15) is 0 Å². The Hall–Kier alpha value is -0.690. The molecule has 1 aromatic heterocycles. The van der Waals surface area contributed by atoms with Crippen molar-refractivity contribution in [3.05, 3.63) is 11.6 Å². The molecule has 1 atom stereocenters. The van der Waals surface area contributed by atoms with Gasteiger partial charge in [-0.15, -0.1) is 11.3 Å². The average Bonchev–Trinajstić information content (AvgIpc) is 3.01. The predicted molar refractivity (Wildman–Crippen MR) is 78.0 cm³/mol. The van der Waals surface area contributed by atoms with Gasteiger partial charge in [-0.05, 0) is 6.42 Å². The fourth-order valence-corrected chi connectivity index (χ4v) is 3.36. The molecule has 2 aliphatic heterocycles. The number of thiazole rings is 1. The fraction of sp³-hybridized carbons (Fsp3) is 0.769. The standard InChI is InChI=1S/C13H22N4OS/c1(12-11-14-2-9-18-12)4-16-5-7-17(8-6-16)13-15-3-10-19-13/h3,10,12,14H,1-2,4-9,11H2. The smallest absolute Gasteiger partial charge is 0.185 e. The number of piperazine rings is 1. The van der Waals surface area contributed by atoms with Crippen LogP contribution in [0.3, 0.4) is 0 Å². The number of aromatic nitrogens is 1. The molecule has 19 heavy (non-hydrogen) atoms. The zero-order chi connectivity index (χ0) is 12.9. The lowest BCUT2D eigenvalue weighted by molar-refractivity contribution is 0.0171. The minimum Gasteiger partial charge on any atom is -0.376 e. The quantitative estimate of drug-likeness (QED) is 0.878. The minimum absolute atomic E-state index is 0.408. The van der Waals surface area contributed by atoms with Crippen LogP contribution in [0.5, 0.6) is 0 Å². The molecule has 0 amide bonds. The molecule has 0 radical (unpaired) electrons. The van der Waals surface area contributed by atoms with E-state index in [2.05, 4.69) is 25.5 Å². The summed E-state index contributed by atoms with van der Waals surface area (Å²) in [6, 6.07) is 0. The molecule has 0 aromatic carbocycles. The van der Waals surface area contributed by atoms with E-state index < -0.39 is 0 Å². The molecule has 0 spiro atoms. The second-order valence-electron chi connectivity index (χ2n) is 5.13. The lowest BCUT2D eigenvalue weighted by atomic mass is 10.2. The fourth-order valence-electron chi connectivity index (χ4n) is 2.67. The van der Waals surface area contributed by atoms with Crippen LogP contribution in [0.25, 0.3) is 0 Å². The van der Waals surface area contributed by atoms with Crippen molar-refractivity contribution in [3.8, 4) is 0 Å². The van der Waals surface area contributed by atoms with Crippen LogP contribution in [0.1, 0.15) is 6.42 Å². The van der Waals surface area contributed by atoms with E-state index in [-0.39, 0.29) is 0 Å². The maximum Gasteiger partial charge on any atom is 0.185 e. The summed E-state index contributed by atoms with van der Waals surface area (Å²) in [5.74, 6) is 0. The van der Waals surface area contributed by atoms with Gasteiger partial charge in [0.25, 0.3) is 0 Å². The highest BCUT2D eigenvalue weighted by Crippen LogP contribution is 2.19. The molecule has 2 fully saturated rings. The van der Waals surface area contributed by atoms with E-state index in [9.17, 15) is 0 Å². The number of hydrogen-bond acceptors (Lipinski definition) is 6. The zero-order valence-electron chi connectivity index (χ0n) is 11.3. The Morgan fingerprint density at radius 3 is 2.95 bits per heavy atom. The molecule has 0 bridgehead atoms. The topological polar surface area (TPSA) is 40.6 Å². The Morgan fingerprint density at radius 1 is 1.37 bits per heavy atom. The summed E-state index contributed by atoms with van der Waals surface area (Å²) in [6.45, 7) is 8.50. The van der Waals surface area contributed by atoms with Gasteiger partial charge in [0.2, 0.25) is 0 Å². The van der Waals surface area contributed by atoms with Gasteiger partial charge in [0.15, 0.2) is 5.13 Å². The Kier molecular flexibility index (Phi) is 4.66. The maximum absolute atomic E-state index is 5.74. The third kappa shape index (κ3) is 3.66. The van der Waals surface area contributed by atoms with Crippen molar-refractivity contribution in [2.45, 2.75) is 12.5 Å². The molecule has 5 nitrogen and oxygen atoms in total. The molecule has 2 saturated heterocycles. The number of hydrogen-bond donors (Lipinski definition) is 1. The average molecular weight is 282 g/mol. The van der Waals surface area contributed by atoms with E-state index in [1.807, 2.05) is 6.20 Å². The Bertz CT molecular complexity index is 359. The Morgan fingerprint density at radius 2 is 2.26 bits per heavy atom. The molecule has 0 aliphatic carbocycles. The zero-order valence-corrected chi connectivity index (χ0v) is 12.1. The summed E-state index contributed by atoms with van der Waals surface area (Å²) in [5.41, 5.74) is 0. The molecule has 106 valence electrons.